The van der Waals surface area contributed by atoms with Gasteiger partial charge in [-0.15, -0.1) is 0 Å². The molecule has 0 saturated heterocycles. The molecule has 0 spiro atoms. The average molecular weight is 245 g/mol. The van der Waals surface area contributed by atoms with Crippen LogP contribution in [0.3, 0.4) is 0 Å². The topological polar surface area (TPSA) is 82.0 Å². The number of nitrogens with two attached hydrogens (primary N) is 1. The molecule has 0 radical (unpaired) electrons. The van der Waals surface area contributed by atoms with E-state index in [4.69, 9.17) is 10.3 Å². The standard InChI is InChI=1S/C13H15N3O2/c1-13(2,12(14)17)8-10-15-11(16-18-10)9-6-4-3-5-7-9/h3-7H,8H2,1-2H3,(H2,14,17). The Morgan fingerprint density at radius 2 is 2.00 bits per heavy atom. The zero-order chi connectivity index (χ0) is 13.2. The van der Waals surface area contributed by atoms with Crippen molar-refractivity contribution >= 4 is 5.91 Å². The second-order valence-electron chi connectivity index (χ2n) is 4.80. The zero-order valence-electron chi connectivity index (χ0n) is 10.4. The first-order valence-corrected chi connectivity index (χ1v) is 5.67. The molecule has 1 aromatic carbocycles. The van der Waals surface area contributed by atoms with Crippen LogP contribution in [0.4, 0.5) is 0 Å². The predicted molar refractivity (Wildman–Crippen MR) is 66.4 cm³/mol. The summed E-state index contributed by atoms with van der Waals surface area (Å²) in [5, 5.41) is 3.89. The quantitative estimate of drug-likeness (QED) is 0.890. The van der Waals surface area contributed by atoms with Crippen molar-refractivity contribution in [3.8, 4) is 11.4 Å². The van der Waals surface area contributed by atoms with Crippen molar-refractivity contribution in [2.24, 2.45) is 11.1 Å². The number of rotatable bonds is 4. The van der Waals surface area contributed by atoms with Gasteiger partial charge in [-0.3, -0.25) is 4.79 Å². The number of primary amides is 1. The molecule has 1 amide bonds. The molecule has 0 bridgehead atoms. The highest BCUT2D eigenvalue weighted by molar-refractivity contribution is 5.80. The van der Waals surface area contributed by atoms with Gasteiger partial charge in [0, 0.05) is 12.0 Å². The Bertz CT molecular complexity index is 546. The molecule has 2 N–H and O–H groups in total. The first-order chi connectivity index (χ1) is 8.49. The van der Waals surface area contributed by atoms with Gasteiger partial charge in [0.05, 0.1) is 5.41 Å². The third-order valence-corrected chi connectivity index (χ3v) is 2.76. The van der Waals surface area contributed by atoms with Crippen molar-refractivity contribution in [3.05, 3.63) is 36.2 Å². The number of carbonyl (C=O) groups excluding carboxylic acids is 1. The fraction of sp³-hybridized carbons (Fsp3) is 0.308. The summed E-state index contributed by atoms with van der Waals surface area (Å²) in [7, 11) is 0. The maximum Gasteiger partial charge on any atom is 0.228 e. The van der Waals surface area contributed by atoms with Crippen molar-refractivity contribution in [2.45, 2.75) is 20.3 Å². The highest BCUT2D eigenvalue weighted by Crippen LogP contribution is 2.22. The number of benzene rings is 1. The van der Waals surface area contributed by atoms with E-state index >= 15 is 0 Å². The average Bonchev–Trinajstić information content (AvgIpc) is 2.78. The summed E-state index contributed by atoms with van der Waals surface area (Å²) in [6, 6.07) is 9.51. The van der Waals surface area contributed by atoms with Crippen LogP contribution in [0, 0.1) is 5.41 Å². The van der Waals surface area contributed by atoms with E-state index in [0.717, 1.165) is 5.56 Å². The Balaban J connectivity index is 2.19. The summed E-state index contributed by atoms with van der Waals surface area (Å²) in [5.74, 6) is 0.547. The van der Waals surface area contributed by atoms with E-state index in [-0.39, 0.29) is 5.91 Å². The number of carbonyl (C=O) groups is 1. The number of nitrogens with zero attached hydrogens (tertiary/aromatic N) is 2. The molecule has 5 heteroatoms. The molecular formula is C13H15N3O2. The van der Waals surface area contributed by atoms with Crippen molar-refractivity contribution < 1.29 is 9.32 Å². The fourth-order valence-corrected chi connectivity index (χ4v) is 1.50. The highest BCUT2D eigenvalue weighted by atomic mass is 16.5. The Hall–Kier alpha value is -2.17. The molecule has 0 atom stereocenters. The maximum absolute atomic E-state index is 11.2. The largest absolute Gasteiger partial charge is 0.369 e. The molecule has 0 aliphatic carbocycles. The van der Waals surface area contributed by atoms with Crippen LogP contribution in [0.15, 0.2) is 34.9 Å². The lowest BCUT2D eigenvalue weighted by atomic mass is 9.89. The summed E-state index contributed by atoms with van der Waals surface area (Å²) in [6.07, 6.45) is 0.335. The summed E-state index contributed by atoms with van der Waals surface area (Å²) in [6.45, 7) is 3.50. The second kappa shape index (κ2) is 4.60. The SMILES string of the molecule is CC(C)(Cc1nc(-c2ccccc2)no1)C(N)=O. The summed E-state index contributed by atoms with van der Waals surface area (Å²) in [5.41, 5.74) is 5.49. The number of aromatic nitrogens is 2. The number of amides is 1. The Kier molecular flexibility index (Phi) is 3.14. The van der Waals surface area contributed by atoms with Crippen molar-refractivity contribution in [2.75, 3.05) is 0 Å². The molecule has 18 heavy (non-hydrogen) atoms. The number of hydrogen-bond donors (Lipinski definition) is 1. The smallest absolute Gasteiger partial charge is 0.228 e. The van der Waals surface area contributed by atoms with Gasteiger partial charge in [0.2, 0.25) is 17.6 Å². The normalized spacial score (nSPS) is 11.4. The third kappa shape index (κ3) is 2.56. The van der Waals surface area contributed by atoms with Gasteiger partial charge in [-0.25, -0.2) is 0 Å². The summed E-state index contributed by atoms with van der Waals surface area (Å²) >= 11 is 0. The molecular weight excluding hydrogens is 230 g/mol. The first-order valence-electron chi connectivity index (χ1n) is 5.67. The molecule has 1 heterocycles. The maximum atomic E-state index is 11.2. The van der Waals surface area contributed by atoms with Crippen LogP contribution in [0.1, 0.15) is 19.7 Å². The molecule has 0 unspecified atom stereocenters. The molecule has 2 aromatic rings. The molecule has 0 fully saturated rings. The number of hydrogen-bond acceptors (Lipinski definition) is 4. The Morgan fingerprint density at radius 3 is 2.61 bits per heavy atom. The van der Waals surface area contributed by atoms with E-state index in [0.29, 0.717) is 18.1 Å². The van der Waals surface area contributed by atoms with E-state index < -0.39 is 5.41 Å². The van der Waals surface area contributed by atoms with Crippen molar-refractivity contribution in [1.82, 2.24) is 10.1 Å². The van der Waals surface area contributed by atoms with Crippen molar-refractivity contribution in [3.63, 3.8) is 0 Å². The van der Waals surface area contributed by atoms with Crippen LogP contribution < -0.4 is 5.73 Å². The molecule has 0 aliphatic rings. The molecule has 2 rings (SSSR count). The van der Waals surface area contributed by atoms with Gasteiger partial charge in [-0.05, 0) is 0 Å². The highest BCUT2D eigenvalue weighted by Gasteiger charge is 2.28. The van der Waals surface area contributed by atoms with Gasteiger partial charge in [0.1, 0.15) is 0 Å². The van der Waals surface area contributed by atoms with E-state index in [1.807, 2.05) is 30.3 Å². The minimum absolute atomic E-state index is 0.335. The van der Waals surface area contributed by atoms with Gasteiger partial charge in [0.25, 0.3) is 0 Å². The lowest BCUT2D eigenvalue weighted by molar-refractivity contribution is -0.126. The van der Waals surface area contributed by atoms with Crippen LogP contribution in [-0.4, -0.2) is 16.0 Å². The zero-order valence-corrected chi connectivity index (χ0v) is 10.4. The van der Waals surface area contributed by atoms with E-state index in [1.165, 1.54) is 0 Å². The van der Waals surface area contributed by atoms with Gasteiger partial charge in [0.15, 0.2) is 0 Å². The molecule has 0 aliphatic heterocycles. The Labute approximate surface area is 105 Å². The van der Waals surface area contributed by atoms with Crippen LogP contribution in [0.25, 0.3) is 11.4 Å². The molecule has 1 aromatic heterocycles. The first kappa shape index (κ1) is 12.3. The van der Waals surface area contributed by atoms with Gasteiger partial charge in [-0.1, -0.05) is 49.3 Å². The lowest BCUT2D eigenvalue weighted by Crippen LogP contribution is -2.33. The van der Waals surface area contributed by atoms with Gasteiger partial charge in [-0.2, -0.15) is 4.98 Å². The van der Waals surface area contributed by atoms with Gasteiger partial charge < -0.3 is 10.3 Å². The fourth-order valence-electron chi connectivity index (χ4n) is 1.50. The Morgan fingerprint density at radius 1 is 1.33 bits per heavy atom. The predicted octanol–water partition coefficient (Wildman–Crippen LogP) is 1.79. The van der Waals surface area contributed by atoms with Crippen LogP contribution >= 0.6 is 0 Å². The van der Waals surface area contributed by atoms with Crippen LogP contribution in [-0.2, 0) is 11.2 Å². The molecule has 0 saturated carbocycles. The molecule has 5 nitrogen and oxygen atoms in total. The van der Waals surface area contributed by atoms with Gasteiger partial charge >= 0.3 is 0 Å². The summed E-state index contributed by atoms with van der Waals surface area (Å²) in [4.78, 5) is 15.5. The monoisotopic (exact) mass is 245 g/mol. The van der Waals surface area contributed by atoms with E-state index in [9.17, 15) is 4.79 Å². The minimum atomic E-state index is -0.694. The van der Waals surface area contributed by atoms with E-state index in [1.54, 1.807) is 13.8 Å². The second-order valence-corrected chi connectivity index (χ2v) is 4.80. The van der Waals surface area contributed by atoms with E-state index in [2.05, 4.69) is 10.1 Å². The lowest BCUT2D eigenvalue weighted by Gasteiger charge is -2.16. The van der Waals surface area contributed by atoms with Crippen LogP contribution in [0.2, 0.25) is 0 Å². The molecule has 94 valence electrons. The minimum Gasteiger partial charge on any atom is -0.369 e. The van der Waals surface area contributed by atoms with Crippen molar-refractivity contribution in [1.29, 1.82) is 0 Å². The van der Waals surface area contributed by atoms with Crippen LogP contribution in [0.5, 0.6) is 0 Å². The summed E-state index contributed by atoms with van der Waals surface area (Å²) < 4.78 is 5.14. The third-order valence-electron chi connectivity index (χ3n) is 2.76.